The predicted molar refractivity (Wildman–Crippen MR) is 95.5 cm³/mol. The fraction of sp³-hybridized carbons (Fsp3) is 0.211. The van der Waals surface area contributed by atoms with E-state index < -0.39 is 5.82 Å². The van der Waals surface area contributed by atoms with Crippen molar-refractivity contribution >= 4 is 16.8 Å². The van der Waals surface area contributed by atoms with E-state index in [-0.39, 0.29) is 36.4 Å². The molecule has 0 radical (unpaired) electrons. The van der Waals surface area contributed by atoms with E-state index in [1.807, 2.05) is 0 Å². The first-order chi connectivity index (χ1) is 12.5. The summed E-state index contributed by atoms with van der Waals surface area (Å²) in [7, 11) is 0. The van der Waals surface area contributed by atoms with Crippen molar-refractivity contribution in [3.05, 3.63) is 71.0 Å². The molecule has 6 nitrogen and oxygen atoms in total. The molecule has 1 N–H and O–H groups in total. The molecular weight excluding hydrogens is 337 g/mol. The number of carbonyl (C=O) groups is 1. The summed E-state index contributed by atoms with van der Waals surface area (Å²) >= 11 is 0. The third-order valence-corrected chi connectivity index (χ3v) is 3.78. The van der Waals surface area contributed by atoms with Crippen LogP contribution in [0.25, 0.3) is 10.9 Å². The molecule has 0 aliphatic carbocycles. The van der Waals surface area contributed by atoms with Crippen LogP contribution in [-0.4, -0.2) is 28.1 Å². The highest BCUT2D eigenvalue weighted by Gasteiger charge is 2.12. The second-order valence-electron chi connectivity index (χ2n) is 5.90. The SMILES string of the molecule is CC(COc1ccccc1F)NC(=O)Cn1cnc2ccccc2c1=O. The second kappa shape index (κ2) is 7.77. The van der Waals surface area contributed by atoms with Crippen LogP contribution in [0.2, 0.25) is 0 Å². The molecule has 0 bridgehead atoms. The zero-order chi connectivity index (χ0) is 18.5. The molecule has 0 aliphatic heterocycles. The molecule has 134 valence electrons. The minimum atomic E-state index is -0.459. The lowest BCUT2D eigenvalue weighted by atomic mass is 10.2. The minimum Gasteiger partial charge on any atom is -0.488 e. The smallest absolute Gasteiger partial charge is 0.261 e. The van der Waals surface area contributed by atoms with Crippen molar-refractivity contribution < 1.29 is 13.9 Å². The second-order valence-corrected chi connectivity index (χ2v) is 5.90. The van der Waals surface area contributed by atoms with E-state index in [4.69, 9.17) is 4.74 Å². The Hall–Kier alpha value is -3.22. The van der Waals surface area contributed by atoms with Crippen molar-refractivity contribution in [2.24, 2.45) is 0 Å². The van der Waals surface area contributed by atoms with Crippen molar-refractivity contribution in [2.75, 3.05) is 6.61 Å². The molecule has 1 aromatic heterocycles. The Morgan fingerprint density at radius 3 is 2.77 bits per heavy atom. The molecular formula is C19H18FN3O3. The zero-order valence-corrected chi connectivity index (χ0v) is 14.2. The van der Waals surface area contributed by atoms with Crippen molar-refractivity contribution in [3.8, 4) is 5.75 Å². The van der Waals surface area contributed by atoms with Crippen molar-refractivity contribution in [3.63, 3.8) is 0 Å². The third-order valence-electron chi connectivity index (χ3n) is 3.78. The fourth-order valence-electron chi connectivity index (χ4n) is 2.51. The van der Waals surface area contributed by atoms with Crippen molar-refractivity contribution in [2.45, 2.75) is 19.5 Å². The maximum Gasteiger partial charge on any atom is 0.261 e. The monoisotopic (exact) mass is 355 g/mol. The number of hydrogen-bond donors (Lipinski definition) is 1. The normalized spacial score (nSPS) is 11.9. The van der Waals surface area contributed by atoms with Gasteiger partial charge in [0, 0.05) is 0 Å². The third kappa shape index (κ3) is 4.05. The van der Waals surface area contributed by atoms with E-state index in [9.17, 15) is 14.0 Å². The number of amides is 1. The van der Waals surface area contributed by atoms with Crippen LogP contribution in [0.1, 0.15) is 6.92 Å². The molecule has 1 heterocycles. The van der Waals surface area contributed by atoms with Crippen LogP contribution in [0.5, 0.6) is 5.75 Å². The van der Waals surface area contributed by atoms with Gasteiger partial charge in [-0.2, -0.15) is 0 Å². The molecule has 1 amide bonds. The molecule has 1 unspecified atom stereocenters. The summed E-state index contributed by atoms with van der Waals surface area (Å²) in [6.07, 6.45) is 1.35. The Labute approximate surface area is 149 Å². The van der Waals surface area contributed by atoms with Crippen LogP contribution in [0.3, 0.4) is 0 Å². The average Bonchev–Trinajstić information content (AvgIpc) is 2.63. The van der Waals surface area contributed by atoms with Crippen LogP contribution in [0.15, 0.2) is 59.7 Å². The molecule has 0 spiro atoms. The van der Waals surface area contributed by atoms with E-state index in [0.29, 0.717) is 10.9 Å². The van der Waals surface area contributed by atoms with Crippen molar-refractivity contribution in [1.29, 1.82) is 0 Å². The Morgan fingerprint density at radius 2 is 1.96 bits per heavy atom. The van der Waals surface area contributed by atoms with E-state index >= 15 is 0 Å². The summed E-state index contributed by atoms with van der Waals surface area (Å²) in [5, 5.41) is 3.18. The van der Waals surface area contributed by atoms with Gasteiger partial charge >= 0.3 is 0 Å². The topological polar surface area (TPSA) is 73.2 Å². The number of benzene rings is 2. The van der Waals surface area contributed by atoms with Gasteiger partial charge in [0.05, 0.1) is 23.3 Å². The summed E-state index contributed by atoms with van der Waals surface area (Å²) in [5.74, 6) is -0.683. The quantitative estimate of drug-likeness (QED) is 0.735. The number of nitrogens with one attached hydrogen (secondary N) is 1. The van der Waals surface area contributed by atoms with Gasteiger partial charge in [-0.15, -0.1) is 0 Å². The van der Waals surface area contributed by atoms with Gasteiger partial charge in [-0.05, 0) is 31.2 Å². The van der Waals surface area contributed by atoms with E-state index in [2.05, 4.69) is 10.3 Å². The number of rotatable bonds is 6. The lowest BCUT2D eigenvalue weighted by Crippen LogP contribution is -2.40. The van der Waals surface area contributed by atoms with Crippen LogP contribution in [0.4, 0.5) is 4.39 Å². The van der Waals surface area contributed by atoms with Crippen LogP contribution in [0, 0.1) is 5.82 Å². The average molecular weight is 355 g/mol. The number of nitrogens with zero attached hydrogens (tertiary/aromatic N) is 2. The van der Waals surface area contributed by atoms with Crippen molar-refractivity contribution in [1.82, 2.24) is 14.9 Å². The summed E-state index contributed by atoms with van der Waals surface area (Å²) in [5.41, 5.74) is 0.307. The maximum absolute atomic E-state index is 13.5. The standard InChI is InChI=1S/C19H18FN3O3/c1-13(11-26-17-9-5-3-7-15(17)20)22-18(24)10-23-12-21-16-8-4-2-6-14(16)19(23)25/h2-9,12-13H,10-11H2,1H3,(H,22,24). The molecule has 3 aromatic rings. The minimum absolute atomic E-state index is 0.109. The number of ether oxygens (including phenoxy) is 1. The lowest BCUT2D eigenvalue weighted by Gasteiger charge is -2.16. The first kappa shape index (κ1) is 17.6. The van der Waals surface area contributed by atoms with Crippen LogP contribution >= 0.6 is 0 Å². The molecule has 1 atom stereocenters. The zero-order valence-electron chi connectivity index (χ0n) is 14.2. The highest BCUT2D eigenvalue weighted by Crippen LogP contribution is 2.15. The van der Waals surface area contributed by atoms with E-state index in [1.54, 1.807) is 43.3 Å². The van der Waals surface area contributed by atoms with E-state index in [0.717, 1.165) is 0 Å². The molecule has 26 heavy (non-hydrogen) atoms. The number of fused-ring (bicyclic) bond motifs is 1. The van der Waals surface area contributed by atoms with E-state index in [1.165, 1.54) is 23.0 Å². The molecule has 3 rings (SSSR count). The molecule has 0 fully saturated rings. The van der Waals surface area contributed by atoms with Gasteiger partial charge in [0.2, 0.25) is 5.91 Å². The Morgan fingerprint density at radius 1 is 1.23 bits per heavy atom. The number of aromatic nitrogens is 2. The molecule has 0 saturated carbocycles. The number of halogens is 1. The summed E-state index contributed by atoms with van der Waals surface area (Å²) in [4.78, 5) is 28.7. The summed E-state index contributed by atoms with van der Waals surface area (Å²) < 4.78 is 20.1. The highest BCUT2D eigenvalue weighted by atomic mass is 19.1. The molecule has 0 aliphatic rings. The van der Waals surface area contributed by atoms with Gasteiger partial charge in [-0.3, -0.25) is 14.2 Å². The Balaban J connectivity index is 1.59. The van der Waals surface area contributed by atoms with Gasteiger partial charge < -0.3 is 10.1 Å². The fourth-order valence-corrected chi connectivity index (χ4v) is 2.51. The first-order valence-corrected chi connectivity index (χ1v) is 8.15. The van der Waals surface area contributed by atoms with Gasteiger partial charge in [-0.25, -0.2) is 9.37 Å². The van der Waals surface area contributed by atoms with Gasteiger partial charge in [0.25, 0.3) is 5.56 Å². The predicted octanol–water partition coefficient (Wildman–Crippen LogP) is 2.12. The Kier molecular flexibility index (Phi) is 5.26. The number of hydrogen-bond acceptors (Lipinski definition) is 4. The maximum atomic E-state index is 13.5. The summed E-state index contributed by atoms with van der Waals surface area (Å²) in [6.45, 7) is 1.69. The largest absolute Gasteiger partial charge is 0.488 e. The van der Waals surface area contributed by atoms with Crippen LogP contribution in [-0.2, 0) is 11.3 Å². The molecule has 7 heteroatoms. The first-order valence-electron chi connectivity index (χ1n) is 8.15. The lowest BCUT2D eigenvalue weighted by molar-refractivity contribution is -0.122. The van der Waals surface area contributed by atoms with Crippen LogP contribution < -0.4 is 15.6 Å². The number of para-hydroxylation sites is 2. The Bertz CT molecular complexity index is 987. The highest BCUT2D eigenvalue weighted by molar-refractivity contribution is 5.79. The molecule has 0 saturated heterocycles. The van der Waals surface area contributed by atoms with Gasteiger partial charge in [-0.1, -0.05) is 24.3 Å². The molecule has 2 aromatic carbocycles. The van der Waals surface area contributed by atoms with Gasteiger partial charge in [0.15, 0.2) is 11.6 Å². The summed E-state index contributed by atoms with van der Waals surface area (Å²) in [6, 6.07) is 12.7. The number of carbonyl (C=O) groups excluding carboxylic acids is 1. The van der Waals surface area contributed by atoms with Gasteiger partial charge in [0.1, 0.15) is 13.2 Å².